The van der Waals surface area contributed by atoms with Gasteiger partial charge in [-0.1, -0.05) is 37.1 Å². The van der Waals surface area contributed by atoms with Crippen LogP contribution in [0.3, 0.4) is 0 Å². The number of carbonyl (C=O) groups is 2. The van der Waals surface area contributed by atoms with Crippen molar-refractivity contribution in [3.05, 3.63) is 52.3 Å². The van der Waals surface area contributed by atoms with Crippen LogP contribution in [-0.2, 0) is 11.3 Å². The second kappa shape index (κ2) is 8.62. The Morgan fingerprint density at radius 2 is 2.04 bits per heavy atom. The van der Waals surface area contributed by atoms with Crippen molar-refractivity contribution < 1.29 is 9.59 Å². The van der Waals surface area contributed by atoms with Gasteiger partial charge in [-0.05, 0) is 38.5 Å². The minimum absolute atomic E-state index is 0.101. The highest BCUT2D eigenvalue weighted by molar-refractivity contribution is 6.31. The summed E-state index contributed by atoms with van der Waals surface area (Å²) >= 11 is 6.35. The minimum atomic E-state index is -0.328. The SMILES string of the molecule is CCCCn1nc(C)c(/C=C/C(=O)Nc2ccccc2C(C)=O)c1Cl. The molecule has 0 saturated heterocycles. The molecule has 0 unspecified atom stereocenters. The van der Waals surface area contributed by atoms with Gasteiger partial charge in [-0.25, -0.2) is 0 Å². The van der Waals surface area contributed by atoms with Gasteiger partial charge in [-0.3, -0.25) is 14.3 Å². The van der Waals surface area contributed by atoms with Crippen LogP contribution in [0.15, 0.2) is 30.3 Å². The molecule has 0 aliphatic rings. The van der Waals surface area contributed by atoms with Crippen LogP contribution >= 0.6 is 11.6 Å². The van der Waals surface area contributed by atoms with Crippen molar-refractivity contribution in [3.63, 3.8) is 0 Å². The van der Waals surface area contributed by atoms with E-state index in [4.69, 9.17) is 11.6 Å². The molecule has 1 N–H and O–H groups in total. The summed E-state index contributed by atoms with van der Waals surface area (Å²) < 4.78 is 1.75. The van der Waals surface area contributed by atoms with Gasteiger partial charge in [-0.15, -0.1) is 0 Å². The van der Waals surface area contributed by atoms with Crippen LogP contribution in [0.4, 0.5) is 5.69 Å². The largest absolute Gasteiger partial charge is 0.322 e. The molecule has 0 spiro atoms. The van der Waals surface area contributed by atoms with E-state index >= 15 is 0 Å². The van der Waals surface area contributed by atoms with Crippen LogP contribution in [0, 0.1) is 6.92 Å². The number of nitrogens with zero attached hydrogens (tertiary/aromatic N) is 2. The Labute approximate surface area is 152 Å². The van der Waals surface area contributed by atoms with E-state index in [1.807, 2.05) is 6.92 Å². The number of hydrogen-bond acceptors (Lipinski definition) is 3. The third-order valence-electron chi connectivity index (χ3n) is 3.80. The number of Topliss-reactive ketones (excluding diaryl/α,β-unsaturated/α-hetero) is 1. The van der Waals surface area contributed by atoms with Gasteiger partial charge in [0.15, 0.2) is 5.78 Å². The summed E-state index contributed by atoms with van der Waals surface area (Å²) in [5, 5.41) is 7.66. The summed E-state index contributed by atoms with van der Waals surface area (Å²) in [7, 11) is 0. The zero-order valence-electron chi connectivity index (χ0n) is 14.7. The van der Waals surface area contributed by atoms with E-state index in [1.165, 1.54) is 13.0 Å². The van der Waals surface area contributed by atoms with Crippen molar-refractivity contribution in [2.75, 3.05) is 5.32 Å². The maximum atomic E-state index is 12.2. The normalized spacial score (nSPS) is 11.0. The van der Waals surface area contributed by atoms with E-state index < -0.39 is 0 Å². The van der Waals surface area contributed by atoms with Crippen molar-refractivity contribution in [1.29, 1.82) is 0 Å². The Balaban J connectivity index is 2.14. The summed E-state index contributed by atoms with van der Waals surface area (Å²) in [4.78, 5) is 23.8. The molecule has 0 aliphatic heterocycles. The fourth-order valence-electron chi connectivity index (χ4n) is 2.45. The van der Waals surface area contributed by atoms with Crippen LogP contribution in [0.1, 0.15) is 48.3 Å². The summed E-state index contributed by atoms with van der Waals surface area (Å²) in [6.45, 7) is 6.18. The van der Waals surface area contributed by atoms with Crippen LogP contribution in [0.2, 0.25) is 5.15 Å². The molecule has 6 heteroatoms. The summed E-state index contributed by atoms with van der Waals surface area (Å²) in [6.07, 6.45) is 5.10. The lowest BCUT2D eigenvalue weighted by molar-refractivity contribution is -0.111. The number of unbranched alkanes of at least 4 members (excludes halogenated alkanes) is 1. The molecule has 1 amide bonds. The Morgan fingerprint density at radius 1 is 1.32 bits per heavy atom. The van der Waals surface area contributed by atoms with Gasteiger partial charge in [0.1, 0.15) is 5.15 Å². The molecule has 5 nitrogen and oxygen atoms in total. The second-order valence-corrected chi connectivity index (χ2v) is 6.15. The van der Waals surface area contributed by atoms with Gasteiger partial charge in [0, 0.05) is 23.7 Å². The Hall–Kier alpha value is -2.40. The van der Waals surface area contributed by atoms with Crippen molar-refractivity contribution in [3.8, 4) is 0 Å². The van der Waals surface area contributed by atoms with Crippen molar-refractivity contribution in [2.45, 2.75) is 40.2 Å². The fourth-order valence-corrected chi connectivity index (χ4v) is 2.77. The summed E-state index contributed by atoms with van der Waals surface area (Å²) in [6, 6.07) is 6.91. The first kappa shape index (κ1) is 18.9. The van der Waals surface area contributed by atoms with Gasteiger partial charge in [0.25, 0.3) is 0 Å². The number of aromatic nitrogens is 2. The average Bonchev–Trinajstić information content (AvgIpc) is 2.85. The van der Waals surface area contributed by atoms with Crippen molar-refractivity contribution >= 4 is 35.1 Å². The molecule has 0 saturated carbocycles. The maximum Gasteiger partial charge on any atom is 0.248 e. The van der Waals surface area contributed by atoms with Crippen LogP contribution < -0.4 is 5.32 Å². The Morgan fingerprint density at radius 3 is 2.72 bits per heavy atom. The zero-order valence-corrected chi connectivity index (χ0v) is 15.4. The topological polar surface area (TPSA) is 64.0 Å². The van der Waals surface area contributed by atoms with E-state index in [1.54, 1.807) is 35.0 Å². The minimum Gasteiger partial charge on any atom is -0.322 e. The predicted octanol–water partition coefficient (Wildman–Crippen LogP) is 4.50. The predicted molar refractivity (Wildman–Crippen MR) is 101 cm³/mol. The van der Waals surface area contributed by atoms with Gasteiger partial charge in [0.2, 0.25) is 5.91 Å². The second-order valence-electron chi connectivity index (χ2n) is 5.79. The van der Waals surface area contributed by atoms with Crippen molar-refractivity contribution in [2.24, 2.45) is 0 Å². The van der Waals surface area contributed by atoms with Crippen LogP contribution in [0.5, 0.6) is 0 Å². The number of hydrogen-bond donors (Lipinski definition) is 1. The first-order valence-corrected chi connectivity index (χ1v) is 8.63. The Bertz CT molecular complexity index is 809. The molecule has 2 rings (SSSR count). The van der Waals surface area contributed by atoms with E-state index in [0.717, 1.165) is 30.6 Å². The molecule has 0 atom stereocenters. The maximum absolute atomic E-state index is 12.2. The molecule has 0 fully saturated rings. The third-order valence-corrected chi connectivity index (χ3v) is 4.20. The molecule has 0 bridgehead atoms. The van der Waals surface area contributed by atoms with E-state index in [9.17, 15) is 9.59 Å². The molecule has 132 valence electrons. The summed E-state index contributed by atoms with van der Waals surface area (Å²) in [5.41, 5.74) is 2.47. The monoisotopic (exact) mass is 359 g/mol. The number of anilines is 1. The third kappa shape index (κ3) is 4.79. The molecule has 0 aliphatic carbocycles. The van der Waals surface area contributed by atoms with Gasteiger partial charge < -0.3 is 5.32 Å². The van der Waals surface area contributed by atoms with Crippen LogP contribution in [0.25, 0.3) is 6.08 Å². The number of aryl methyl sites for hydroxylation is 2. The number of halogens is 1. The van der Waals surface area contributed by atoms with E-state index in [2.05, 4.69) is 17.3 Å². The molecular weight excluding hydrogens is 338 g/mol. The number of carbonyl (C=O) groups excluding carboxylic acids is 2. The lowest BCUT2D eigenvalue weighted by Crippen LogP contribution is -2.11. The van der Waals surface area contributed by atoms with E-state index in [-0.39, 0.29) is 11.7 Å². The average molecular weight is 360 g/mol. The fraction of sp³-hybridized carbons (Fsp3) is 0.316. The van der Waals surface area contributed by atoms with Crippen molar-refractivity contribution in [1.82, 2.24) is 9.78 Å². The number of amides is 1. The Kier molecular flexibility index (Phi) is 6.53. The highest BCUT2D eigenvalue weighted by Gasteiger charge is 2.12. The van der Waals surface area contributed by atoms with Gasteiger partial charge in [0.05, 0.1) is 11.4 Å². The molecule has 1 heterocycles. The van der Waals surface area contributed by atoms with Gasteiger partial charge >= 0.3 is 0 Å². The standard InChI is InChI=1S/C19H22ClN3O2/c1-4-5-12-23-19(20)15(13(2)22-23)10-11-18(25)21-17-9-7-6-8-16(17)14(3)24/h6-11H,4-5,12H2,1-3H3,(H,21,25)/b11-10+. The molecule has 1 aromatic carbocycles. The van der Waals surface area contributed by atoms with Crippen LogP contribution in [-0.4, -0.2) is 21.5 Å². The first-order valence-electron chi connectivity index (χ1n) is 8.26. The highest BCUT2D eigenvalue weighted by atomic mass is 35.5. The molecule has 1 aromatic heterocycles. The lowest BCUT2D eigenvalue weighted by atomic mass is 10.1. The quantitative estimate of drug-likeness (QED) is 0.584. The lowest BCUT2D eigenvalue weighted by Gasteiger charge is -2.06. The zero-order chi connectivity index (χ0) is 18.4. The smallest absolute Gasteiger partial charge is 0.248 e. The number of ketones is 1. The van der Waals surface area contributed by atoms with Gasteiger partial charge in [-0.2, -0.15) is 5.10 Å². The molecule has 0 radical (unpaired) electrons. The first-order chi connectivity index (χ1) is 11.9. The van der Waals surface area contributed by atoms with E-state index in [0.29, 0.717) is 16.4 Å². The molecule has 25 heavy (non-hydrogen) atoms. The molecular formula is C19H22ClN3O2. The number of rotatable bonds is 7. The number of benzene rings is 1. The number of nitrogens with one attached hydrogen (secondary N) is 1. The summed E-state index contributed by atoms with van der Waals surface area (Å²) in [5.74, 6) is -0.429. The molecule has 2 aromatic rings. The number of para-hydroxylation sites is 1. The highest BCUT2D eigenvalue weighted by Crippen LogP contribution is 2.22.